The van der Waals surface area contributed by atoms with E-state index in [1.165, 1.54) is 31.4 Å². The minimum atomic E-state index is 0.941. The van der Waals surface area contributed by atoms with E-state index in [-0.39, 0.29) is 0 Å². The summed E-state index contributed by atoms with van der Waals surface area (Å²) in [5.41, 5.74) is 1.31. The molecular weight excluding hydrogens is 210 g/mol. The van der Waals surface area contributed by atoms with Crippen molar-refractivity contribution in [1.29, 1.82) is 0 Å². The minimum absolute atomic E-state index is 0.941. The van der Waals surface area contributed by atoms with Crippen LogP contribution in [0.1, 0.15) is 31.7 Å². The molecule has 1 saturated carbocycles. The van der Waals surface area contributed by atoms with Gasteiger partial charge in [-0.15, -0.1) is 0 Å². The summed E-state index contributed by atoms with van der Waals surface area (Å²) in [6.45, 7) is 5.66. The molecule has 17 heavy (non-hydrogen) atoms. The molecule has 1 aromatic heterocycles. The molecule has 1 fully saturated rings. The van der Waals surface area contributed by atoms with Crippen molar-refractivity contribution in [2.45, 2.75) is 32.7 Å². The predicted molar refractivity (Wildman–Crippen MR) is 72.1 cm³/mol. The Morgan fingerprint density at radius 1 is 1.41 bits per heavy atom. The lowest BCUT2D eigenvalue weighted by atomic mass is 9.85. The zero-order chi connectivity index (χ0) is 12.1. The van der Waals surface area contributed by atoms with Crippen molar-refractivity contribution in [3.05, 3.63) is 23.9 Å². The van der Waals surface area contributed by atoms with Gasteiger partial charge in [0, 0.05) is 26.3 Å². The standard InChI is InChI=1S/C14H23N3/c1-3-17(10-12-5-4-6-12)11-13-7-8-14(15-2)16-9-13/h7-9,12H,3-6,10-11H2,1-2H3,(H,15,16). The summed E-state index contributed by atoms with van der Waals surface area (Å²) in [5.74, 6) is 1.88. The molecule has 0 aliphatic heterocycles. The van der Waals surface area contributed by atoms with Crippen molar-refractivity contribution in [1.82, 2.24) is 9.88 Å². The molecule has 3 nitrogen and oxygen atoms in total. The van der Waals surface area contributed by atoms with E-state index in [2.05, 4.69) is 28.2 Å². The number of aromatic nitrogens is 1. The largest absolute Gasteiger partial charge is 0.373 e. The topological polar surface area (TPSA) is 28.2 Å². The average molecular weight is 233 g/mol. The molecule has 2 rings (SSSR count). The highest BCUT2D eigenvalue weighted by molar-refractivity contribution is 5.34. The number of rotatable bonds is 6. The highest BCUT2D eigenvalue weighted by Crippen LogP contribution is 2.27. The lowest BCUT2D eigenvalue weighted by molar-refractivity contribution is 0.178. The zero-order valence-electron chi connectivity index (χ0n) is 10.9. The van der Waals surface area contributed by atoms with E-state index in [4.69, 9.17) is 0 Å². The Bertz CT molecular complexity index is 330. The number of hydrogen-bond donors (Lipinski definition) is 1. The summed E-state index contributed by atoms with van der Waals surface area (Å²) < 4.78 is 0. The Morgan fingerprint density at radius 2 is 2.24 bits per heavy atom. The molecule has 3 heteroatoms. The fourth-order valence-electron chi connectivity index (χ4n) is 2.27. The maximum atomic E-state index is 4.36. The van der Waals surface area contributed by atoms with E-state index in [1.807, 2.05) is 19.3 Å². The maximum Gasteiger partial charge on any atom is 0.125 e. The van der Waals surface area contributed by atoms with Crippen molar-refractivity contribution in [2.24, 2.45) is 5.92 Å². The van der Waals surface area contributed by atoms with Gasteiger partial charge in [0.25, 0.3) is 0 Å². The fourth-order valence-corrected chi connectivity index (χ4v) is 2.27. The average Bonchev–Trinajstić information content (AvgIpc) is 2.33. The lowest BCUT2D eigenvalue weighted by Gasteiger charge is -2.31. The van der Waals surface area contributed by atoms with Crippen molar-refractivity contribution < 1.29 is 0 Å². The third kappa shape index (κ3) is 3.43. The predicted octanol–water partition coefficient (Wildman–Crippen LogP) is 2.75. The van der Waals surface area contributed by atoms with Crippen LogP contribution in [0.3, 0.4) is 0 Å². The number of anilines is 1. The molecule has 1 N–H and O–H groups in total. The molecule has 0 amide bonds. The van der Waals surface area contributed by atoms with Crippen LogP contribution in [-0.2, 0) is 6.54 Å². The van der Waals surface area contributed by atoms with E-state index in [9.17, 15) is 0 Å². The van der Waals surface area contributed by atoms with Gasteiger partial charge in [0.1, 0.15) is 5.82 Å². The number of pyridine rings is 1. The van der Waals surface area contributed by atoms with Gasteiger partial charge in [0.2, 0.25) is 0 Å². The molecule has 0 aromatic carbocycles. The van der Waals surface area contributed by atoms with Crippen LogP contribution in [0.25, 0.3) is 0 Å². The summed E-state index contributed by atoms with van der Waals surface area (Å²) in [4.78, 5) is 6.89. The van der Waals surface area contributed by atoms with E-state index >= 15 is 0 Å². The van der Waals surface area contributed by atoms with Crippen molar-refractivity contribution >= 4 is 5.82 Å². The van der Waals surface area contributed by atoms with Gasteiger partial charge in [0.15, 0.2) is 0 Å². The summed E-state index contributed by atoms with van der Waals surface area (Å²) in [7, 11) is 1.90. The van der Waals surface area contributed by atoms with Crippen LogP contribution in [0.4, 0.5) is 5.82 Å². The summed E-state index contributed by atoms with van der Waals surface area (Å²) >= 11 is 0. The van der Waals surface area contributed by atoms with Crippen LogP contribution in [0.5, 0.6) is 0 Å². The molecular formula is C14H23N3. The number of nitrogens with zero attached hydrogens (tertiary/aromatic N) is 2. The SMILES string of the molecule is CCN(Cc1ccc(NC)nc1)CC1CCC1. The number of hydrogen-bond acceptors (Lipinski definition) is 3. The van der Waals surface area contributed by atoms with Gasteiger partial charge in [0.05, 0.1) is 0 Å². The van der Waals surface area contributed by atoms with Crippen molar-refractivity contribution in [2.75, 3.05) is 25.5 Å². The van der Waals surface area contributed by atoms with Gasteiger partial charge in [-0.05, 0) is 36.9 Å². The Balaban J connectivity index is 1.87. The Hall–Kier alpha value is -1.09. The third-order valence-corrected chi connectivity index (χ3v) is 3.68. The highest BCUT2D eigenvalue weighted by Gasteiger charge is 2.19. The second-order valence-corrected chi connectivity index (χ2v) is 4.93. The molecule has 1 heterocycles. The quantitative estimate of drug-likeness (QED) is 0.819. The molecule has 0 radical (unpaired) electrons. The lowest BCUT2D eigenvalue weighted by Crippen LogP contribution is -2.32. The van der Waals surface area contributed by atoms with Crippen molar-refractivity contribution in [3.8, 4) is 0 Å². The first kappa shape index (κ1) is 12.4. The molecule has 0 bridgehead atoms. The summed E-state index contributed by atoms with van der Waals surface area (Å²) in [6, 6.07) is 4.22. The van der Waals surface area contributed by atoms with Gasteiger partial charge in [-0.3, -0.25) is 4.90 Å². The van der Waals surface area contributed by atoms with Crippen molar-refractivity contribution in [3.63, 3.8) is 0 Å². The first-order chi connectivity index (χ1) is 8.31. The molecule has 94 valence electrons. The van der Waals surface area contributed by atoms with Crippen LogP contribution < -0.4 is 5.32 Å². The molecule has 0 spiro atoms. The van der Waals surface area contributed by atoms with Crippen LogP contribution in [0, 0.1) is 5.92 Å². The van der Waals surface area contributed by atoms with E-state index in [0.29, 0.717) is 0 Å². The van der Waals surface area contributed by atoms with E-state index < -0.39 is 0 Å². The van der Waals surface area contributed by atoms with Gasteiger partial charge in [-0.1, -0.05) is 19.4 Å². The fraction of sp³-hybridized carbons (Fsp3) is 0.643. The maximum absolute atomic E-state index is 4.36. The Morgan fingerprint density at radius 3 is 2.71 bits per heavy atom. The Kier molecular flexibility index (Phi) is 4.37. The zero-order valence-corrected chi connectivity index (χ0v) is 10.9. The van der Waals surface area contributed by atoms with E-state index in [1.54, 1.807) is 0 Å². The molecule has 0 atom stereocenters. The highest BCUT2D eigenvalue weighted by atomic mass is 15.1. The third-order valence-electron chi connectivity index (χ3n) is 3.68. The summed E-state index contributed by atoms with van der Waals surface area (Å²) in [6.07, 6.45) is 6.26. The van der Waals surface area contributed by atoms with Gasteiger partial charge in [-0.25, -0.2) is 4.98 Å². The van der Waals surface area contributed by atoms with E-state index in [0.717, 1.165) is 24.8 Å². The van der Waals surface area contributed by atoms with Gasteiger partial charge >= 0.3 is 0 Å². The second kappa shape index (κ2) is 6.01. The summed E-state index contributed by atoms with van der Waals surface area (Å²) in [5, 5.41) is 3.05. The smallest absolute Gasteiger partial charge is 0.125 e. The monoisotopic (exact) mass is 233 g/mol. The van der Waals surface area contributed by atoms with Crippen LogP contribution in [-0.4, -0.2) is 30.0 Å². The van der Waals surface area contributed by atoms with Crippen LogP contribution >= 0.6 is 0 Å². The normalized spacial score (nSPS) is 15.9. The minimum Gasteiger partial charge on any atom is -0.373 e. The second-order valence-electron chi connectivity index (χ2n) is 4.93. The molecule has 1 aliphatic carbocycles. The van der Waals surface area contributed by atoms with Crippen LogP contribution in [0.15, 0.2) is 18.3 Å². The molecule has 1 aromatic rings. The first-order valence-electron chi connectivity index (χ1n) is 6.67. The molecule has 1 aliphatic rings. The van der Waals surface area contributed by atoms with Crippen LogP contribution in [0.2, 0.25) is 0 Å². The molecule has 0 saturated heterocycles. The van der Waals surface area contributed by atoms with Gasteiger partial charge in [-0.2, -0.15) is 0 Å². The van der Waals surface area contributed by atoms with Gasteiger partial charge < -0.3 is 5.32 Å². The Labute approximate surface area is 104 Å². The first-order valence-corrected chi connectivity index (χ1v) is 6.67. The molecule has 0 unspecified atom stereocenters. The number of nitrogens with one attached hydrogen (secondary N) is 1.